The molecule has 0 radical (unpaired) electrons. The summed E-state index contributed by atoms with van der Waals surface area (Å²) >= 11 is 5.62. The summed E-state index contributed by atoms with van der Waals surface area (Å²) in [6.45, 7) is 0. The zero-order valence-corrected chi connectivity index (χ0v) is 9.10. The topological polar surface area (TPSA) is 24.9 Å². The lowest BCUT2D eigenvalue weighted by Gasteiger charge is -2.07. The van der Waals surface area contributed by atoms with Crippen molar-refractivity contribution in [3.63, 3.8) is 0 Å². The van der Waals surface area contributed by atoms with Crippen molar-refractivity contribution in [2.75, 3.05) is 5.32 Å². The van der Waals surface area contributed by atoms with Gasteiger partial charge in [0.05, 0.1) is 10.7 Å². The van der Waals surface area contributed by atoms with Crippen LogP contribution < -0.4 is 5.32 Å². The fourth-order valence-electron chi connectivity index (χ4n) is 1.21. The Morgan fingerprint density at radius 1 is 1.00 bits per heavy atom. The van der Waals surface area contributed by atoms with Gasteiger partial charge in [-0.3, -0.25) is 0 Å². The highest BCUT2D eigenvalue weighted by Gasteiger charge is 2.10. The molecule has 0 atom stereocenters. The molecule has 17 heavy (non-hydrogen) atoms. The van der Waals surface area contributed by atoms with E-state index in [0.717, 1.165) is 6.07 Å². The summed E-state index contributed by atoms with van der Waals surface area (Å²) in [5.41, 5.74) is -0.196. The molecule has 88 valence electrons. The maximum atomic E-state index is 13.3. The molecule has 6 heteroatoms. The Morgan fingerprint density at radius 3 is 2.35 bits per heavy atom. The number of hydrogen-bond acceptors (Lipinski definition) is 2. The third-order valence-electron chi connectivity index (χ3n) is 2.00. The number of pyridine rings is 1. The molecule has 2 aromatic rings. The monoisotopic (exact) mass is 258 g/mol. The zero-order valence-electron chi connectivity index (χ0n) is 8.35. The molecule has 0 amide bonds. The van der Waals surface area contributed by atoms with Crippen LogP contribution in [0, 0.1) is 17.5 Å². The van der Waals surface area contributed by atoms with Crippen molar-refractivity contribution in [1.29, 1.82) is 0 Å². The molecular formula is C11H6ClF3N2. The summed E-state index contributed by atoms with van der Waals surface area (Å²) in [7, 11) is 0. The first-order valence-corrected chi connectivity index (χ1v) is 4.97. The fourth-order valence-corrected chi connectivity index (χ4v) is 1.32. The fraction of sp³-hybridized carbons (Fsp3) is 0. The highest BCUT2D eigenvalue weighted by Crippen LogP contribution is 2.22. The van der Waals surface area contributed by atoms with Gasteiger partial charge in [0, 0.05) is 18.3 Å². The van der Waals surface area contributed by atoms with E-state index >= 15 is 0 Å². The van der Waals surface area contributed by atoms with E-state index in [9.17, 15) is 13.2 Å². The summed E-state index contributed by atoms with van der Waals surface area (Å²) in [4.78, 5) is 3.84. The van der Waals surface area contributed by atoms with E-state index in [1.54, 1.807) is 0 Å². The van der Waals surface area contributed by atoms with Crippen molar-refractivity contribution in [2.45, 2.75) is 0 Å². The van der Waals surface area contributed by atoms with Crippen LogP contribution in [0.2, 0.25) is 5.02 Å². The molecule has 1 aromatic carbocycles. The van der Waals surface area contributed by atoms with E-state index in [-0.39, 0.29) is 11.5 Å². The Kier molecular flexibility index (Phi) is 3.19. The molecule has 0 aliphatic heterocycles. The molecule has 1 aromatic heterocycles. The normalized spacial score (nSPS) is 10.4. The van der Waals surface area contributed by atoms with E-state index in [1.165, 1.54) is 18.3 Å². The lowest BCUT2D eigenvalue weighted by Crippen LogP contribution is -1.98. The van der Waals surface area contributed by atoms with Crippen LogP contribution >= 0.6 is 11.6 Å². The van der Waals surface area contributed by atoms with Gasteiger partial charge in [0.1, 0.15) is 11.6 Å². The molecule has 0 saturated carbocycles. The Morgan fingerprint density at radius 2 is 1.71 bits per heavy atom. The van der Waals surface area contributed by atoms with Gasteiger partial charge in [-0.05, 0) is 12.1 Å². The summed E-state index contributed by atoms with van der Waals surface area (Å²) in [5.74, 6) is -3.00. The summed E-state index contributed by atoms with van der Waals surface area (Å²) < 4.78 is 38.9. The minimum Gasteiger partial charge on any atom is -0.338 e. The zero-order chi connectivity index (χ0) is 12.4. The van der Waals surface area contributed by atoms with Gasteiger partial charge >= 0.3 is 0 Å². The molecule has 2 rings (SSSR count). The molecule has 1 N–H and O–H groups in total. The molecule has 0 unspecified atom stereocenters. The van der Waals surface area contributed by atoms with E-state index < -0.39 is 17.5 Å². The third-order valence-corrected chi connectivity index (χ3v) is 2.22. The average Bonchev–Trinajstić information content (AvgIpc) is 2.29. The van der Waals surface area contributed by atoms with Gasteiger partial charge in [-0.15, -0.1) is 0 Å². The Balaban J connectivity index is 2.30. The highest BCUT2D eigenvalue weighted by molar-refractivity contribution is 6.30. The highest BCUT2D eigenvalue weighted by atomic mass is 35.5. The Hall–Kier alpha value is -1.75. The van der Waals surface area contributed by atoms with E-state index in [1.807, 2.05) is 0 Å². The molecule has 1 heterocycles. The predicted molar refractivity (Wildman–Crippen MR) is 58.8 cm³/mol. The lowest BCUT2D eigenvalue weighted by molar-refractivity contribution is 0.496. The molecular weight excluding hydrogens is 253 g/mol. The van der Waals surface area contributed by atoms with Gasteiger partial charge in [-0.2, -0.15) is 0 Å². The molecule has 0 spiro atoms. The van der Waals surface area contributed by atoms with Crippen molar-refractivity contribution in [1.82, 2.24) is 4.98 Å². The predicted octanol–water partition coefficient (Wildman–Crippen LogP) is 3.90. The molecule has 0 saturated heterocycles. The molecule has 0 bridgehead atoms. The Bertz CT molecular complexity index is 543. The van der Waals surface area contributed by atoms with Crippen molar-refractivity contribution < 1.29 is 13.2 Å². The Labute approximate surface area is 100 Å². The van der Waals surface area contributed by atoms with Crippen molar-refractivity contribution in [3.8, 4) is 0 Å². The van der Waals surface area contributed by atoms with Gasteiger partial charge in [0.2, 0.25) is 0 Å². The molecule has 2 nitrogen and oxygen atoms in total. The number of anilines is 2. The number of aromatic nitrogens is 1. The van der Waals surface area contributed by atoms with Crippen molar-refractivity contribution in [3.05, 3.63) is 52.9 Å². The van der Waals surface area contributed by atoms with Crippen LogP contribution in [0.25, 0.3) is 0 Å². The average molecular weight is 259 g/mol. The van der Waals surface area contributed by atoms with Gasteiger partial charge < -0.3 is 5.32 Å². The first kappa shape index (κ1) is 11.7. The van der Waals surface area contributed by atoms with Gasteiger partial charge in [0.25, 0.3) is 0 Å². The van der Waals surface area contributed by atoms with Crippen LogP contribution in [0.3, 0.4) is 0 Å². The minimum atomic E-state index is -1.24. The van der Waals surface area contributed by atoms with Crippen LogP contribution in [0.1, 0.15) is 0 Å². The van der Waals surface area contributed by atoms with E-state index in [0.29, 0.717) is 11.1 Å². The molecule has 0 fully saturated rings. The molecule has 0 aliphatic rings. The molecule has 0 aliphatic carbocycles. The second-order valence-corrected chi connectivity index (χ2v) is 3.67. The second kappa shape index (κ2) is 4.63. The minimum absolute atomic E-state index is 0.196. The first-order chi connectivity index (χ1) is 8.06. The number of hydrogen-bond donors (Lipinski definition) is 1. The van der Waals surface area contributed by atoms with E-state index in [4.69, 9.17) is 11.6 Å². The number of benzene rings is 1. The van der Waals surface area contributed by atoms with Crippen molar-refractivity contribution >= 4 is 23.1 Å². The lowest BCUT2D eigenvalue weighted by atomic mass is 10.3. The van der Waals surface area contributed by atoms with Crippen LogP contribution in [-0.2, 0) is 0 Å². The number of nitrogens with zero attached hydrogens (tertiary/aromatic N) is 1. The number of nitrogens with one attached hydrogen (secondary N) is 1. The van der Waals surface area contributed by atoms with Gasteiger partial charge in [0.15, 0.2) is 11.6 Å². The summed E-state index contributed by atoms with van der Waals surface area (Å²) in [6, 6.07) is 4.21. The van der Waals surface area contributed by atoms with Crippen molar-refractivity contribution in [2.24, 2.45) is 0 Å². The maximum absolute atomic E-state index is 13.3. The van der Waals surface area contributed by atoms with Crippen LogP contribution in [0.4, 0.5) is 24.7 Å². The maximum Gasteiger partial charge on any atom is 0.161 e. The number of rotatable bonds is 2. The summed E-state index contributed by atoms with van der Waals surface area (Å²) in [6.07, 6.45) is 1.35. The van der Waals surface area contributed by atoms with Crippen LogP contribution in [-0.4, -0.2) is 4.98 Å². The van der Waals surface area contributed by atoms with Gasteiger partial charge in [-0.25, -0.2) is 18.2 Å². The largest absolute Gasteiger partial charge is 0.338 e. The van der Waals surface area contributed by atoms with Crippen LogP contribution in [0.5, 0.6) is 0 Å². The van der Waals surface area contributed by atoms with Gasteiger partial charge in [-0.1, -0.05) is 11.6 Å². The second-order valence-electron chi connectivity index (χ2n) is 3.23. The number of halogens is 4. The standard InChI is InChI=1S/C11H6ClF3N2/c12-6-1-2-11(16-5-6)17-10-4-8(14)7(13)3-9(10)15/h1-5H,(H,16,17). The van der Waals surface area contributed by atoms with E-state index in [2.05, 4.69) is 10.3 Å². The smallest absolute Gasteiger partial charge is 0.161 e. The quantitative estimate of drug-likeness (QED) is 0.827. The van der Waals surface area contributed by atoms with Crippen LogP contribution in [0.15, 0.2) is 30.5 Å². The third kappa shape index (κ3) is 2.68. The first-order valence-electron chi connectivity index (χ1n) is 4.59. The summed E-state index contributed by atoms with van der Waals surface area (Å²) in [5, 5.41) is 2.93. The SMILES string of the molecule is Fc1cc(F)c(Nc2ccc(Cl)cn2)cc1F.